The zero-order valence-electron chi connectivity index (χ0n) is 16.8. The van der Waals surface area contributed by atoms with Crippen molar-refractivity contribution in [1.29, 1.82) is 0 Å². The van der Waals surface area contributed by atoms with Crippen LogP contribution >= 0.6 is 11.6 Å². The predicted octanol–water partition coefficient (Wildman–Crippen LogP) is 4.65. The van der Waals surface area contributed by atoms with Crippen LogP contribution in [0.25, 0.3) is 0 Å². The first kappa shape index (κ1) is 21.1. The van der Waals surface area contributed by atoms with Crippen LogP contribution in [0.4, 0.5) is 4.39 Å². The maximum atomic E-state index is 13.9. The second-order valence-corrected chi connectivity index (χ2v) is 8.12. The summed E-state index contributed by atoms with van der Waals surface area (Å²) in [6, 6.07) is 22.6. The number of amides is 2. The normalized spacial score (nSPS) is 18.1. The van der Waals surface area contributed by atoms with E-state index in [1.54, 1.807) is 35.2 Å². The number of hydrogen-bond donors (Lipinski definition) is 1. The zero-order chi connectivity index (χ0) is 21.8. The van der Waals surface area contributed by atoms with Crippen molar-refractivity contribution < 1.29 is 14.0 Å². The minimum Gasteiger partial charge on any atom is -0.352 e. The molecule has 1 fully saturated rings. The summed E-state index contributed by atoms with van der Waals surface area (Å²) in [5.74, 6) is -1.44. The molecule has 0 radical (unpaired) electrons. The molecule has 2 atom stereocenters. The van der Waals surface area contributed by atoms with Gasteiger partial charge in [-0.2, -0.15) is 0 Å². The molecule has 0 aromatic heterocycles. The number of nitrogens with zero attached hydrogens (tertiary/aromatic N) is 1. The van der Waals surface area contributed by atoms with Crippen LogP contribution in [-0.4, -0.2) is 29.8 Å². The molecule has 2 amide bonds. The summed E-state index contributed by atoms with van der Waals surface area (Å²) >= 11 is 5.93. The molecule has 3 aromatic rings. The van der Waals surface area contributed by atoms with Gasteiger partial charge in [0.2, 0.25) is 5.91 Å². The van der Waals surface area contributed by atoms with E-state index in [1.807, 2.05) is 36.4 Å². The highest BCUT2D eigenvalue weighted by molar-refractivity contribution is 6.30. The first-order valence-electron chi connectivity index (χ1n) is 10.1. The van der Waals surface area contributed by atoms with Crippen LogP contribution < -0.4 is 5.32 Å². The first-order chi connectivity index (χ1) is 15.0. The summed E-state index contributed by atoms with van der Waals surface area (Å²) in [6.45, 7) is 1.01. The second kappa shape index (κ2) is 9.31. The average Bonchev–Trinajstić information content (AvgIpc) is 3.24. The molecular formula is C25H22ClFN2O2. The van der Waals surface area contributed by atoms with Gasteiger partial charge in [0, 0.05) is 36.1 Å². The number of halogens is 2. The van der Waals surface area contributed by atoms with Crippen LogP contribution in [-0.2, 0) is 11.3 Å². The number of nitrogens with one attached hydrogen (secondary N) is 1. The number of hydrogen-bond acceptors (Lipinski definition) is 2. The van der Waals surface area contributed by atoms with Gasteiger partial charge in [0.1, 0.15) is 5.82 Å². The van der Waals surface area contributed by atoms with Gasteiger partial charge in [-0.15, -0.1) is 0 Å². The maximum absolute atomic E-state index is 13.9. The SMILES string of the molecule is O=C(NCc1ccccc1)C1CN(C(=O)c2ccc(Cl)cc2)CC1c1cccc(F)c1. The topological polar surface area (TPSA) is 49.4 Å². The molecule has 3 aromatic carbocycles. The number of carbonyl (C=O) groups is 2. The molecule has 158 valence electrons. The van der Waals surface area contributed by atoms with E-state index >= 15 is 0 Å². The Kier molecular flexibility index (Phi) is 6.33. The third kappa shape index (κ3) is 4.94. The Morgan fingerprint density at radius 2 is 1.71 bits per heavy atom. The number of likely N-dealkylation sites (tertiary alicyclic amines) is 1. The Morgan fingerprint density at radius 1 is 0.968 bits per heavy atom. The minimum atomic E-state index is -0.471. The van der Waals surface area contributed by atoms with Crippen LogP contribution in [0.5, 0.6) is 0 Å². The van der Waals surface area contributed by atoms with Crippen molar-refractivity contribution in [3.05, 3.63) is 106 Å². The van der Waals surface area contributed by atoms with Gasteiger partial charge in [-0.3, -0.25) is 9.59 Å². The van der Waals surface area contributed by atoms with E-state index in [0.717, 1.165) is 5.56 Å². The van der Waals surface area contributed by atoms with Crippen molar-refractivity contribution in [2.75, 3.05) is 13.1 Å². The smallest absolute Gasteiger partial charge is 0.253 e. The number of carbonyl (C=O) groups excluding carboxylic acids is 2. The van der Waals surface area contributed by atoms with E-state index in [9.17, 15) is 14.0 Å². The minimum absolute atomic E-state index is 0.149. The van der Waals surface area contributed by atoms with Gasteiger partial charge in [0.25, 0.3) is 5.91 Å². The quantitative estimate of drug-likeness (QED) is 0.632. The van der Waals surface area contributed by atoms with Crippen molar-refractivity contribution in [3.63, 3.8) is 0 Å². The maximum Gasteiger partial charge on any atom is 0.253 e. The Balaban J connectivity index is 1.55. The Morgan fingerprint density at radius 3 is 2.42 bits per heavy atom. The molecule has 1 N–H and O–H groups in total. The van der Waals surface area contributed by atoms with E-state index in [2.05, 4.69) is 5.32 Å². The third-order valence-electron chi connectivity index (χ3n) is 5.62. The van der Waals surface area contributed by atoms with Gasteiger partial charge in [-0.25, -0.2) is 4.39 Å². The molecular weight excluding hydrogens is 415 g/mol. The van der Waals surface area contributed by atoms with Crippen molar-refractivity contribution >= 4 is 23.4 Å². The van der Waals surface area contributed by atoms with E-state index in [1.165, 1.54) is 12.1 Å². The fourth-order valence-electron chi connectivity index (χ4n) is 4.00. The van der Waals surface area contributed by atoms with Crippen molar-refractivity contribution in [2.45, 2.75) is 12.5 Å². The lowest BCUT2D eigenvalue weighted by Crippen LogP contribution is -2.35. The van der Waals surface area contributed by atoms with Crippen LogP contribution in [0.1, 0.15) is 27.4 Å². The summed E-state index contributed by atoms with van der Waals surface area (Å²) < 4.78 is 13.9. The molecule has 4 nitrogen and oxygen atoms in total. The van der Waals surface area contributed by atoms with E-state index < -0.39 is 5.92 Å². The van der Waals surface area contributed by atoms with E-state index in [4.69, 9.17) is 11.6 Å². The highest BCUT2D eigenvalue weighted by Crippen LogP contribution is 2.34. The predicted molar refractivity (Wildman–Crippen MR) is 118 cm³/mol. The van der Waals surface area contributed by atoms with Gasteiger partial charge in [-0.05, 0) is 47.5 Å². The zero-order valence-corrected chi connectivity index (χ0v) is 17.6. The average molecular weight is 437 g/mol. The molecule has 0 aliphatic carbocycles. The molecule has 4 rings (SSSR count). The Bertz CT molecular complexity index is 1070. The van der Waals surface area contributed by atoms with Gasteiger partial charge in [-0.1, -0.05) is 54.1 Å². The first-order valence-corrected chi connectivity index (χ1v) is 10.5. The molecule has 1 aliphatic heterocycles. The van der Waals surface area contributed by atoms with Gasteiger partial charge in [0.15, 0.2) is 0 Å². The Labute approximate surface area is 185 Å². The highest BCUT2D eigenvalue weighted by atomic mass is 35.5. The largest absolute Gasteiger partial charge is 0.352 e. The second-order valence-electron chi connectivity index (χ2n) is 7.69. The highest BCUT2D eigenvalue weighted by Gasteiger charge is 2.40. The summed E-state index contributed by atoms with van der Waals surface area (Å²) in [7, 11) is 0. The number of rotatable bonds is 5. The van der Waals surface area contributed by atoms with Crippen molar-refractivity contribution in [1.82, 2.24) is 10.2 Å². The molecule has 0 saturated carbocycles. The van der Waals surface area contributed by atoms with Gasteiger partial charge >= 0.3 is 0 Å². The lowest BCUT2D eigenvalue weighted by atomic mass is 9.88. The van der Waals surface area contributed by atoms with Gasteiger partial charge in [0.05, 0.1) is 5.92 Å². The summed E-state index contributed by atoms with van der Waals surface area (Å²) in [6.07, 6.45) is 0. The third-order valence-corrected chi connectivity index (χ3v) is 5.87. The molecule has 6 heteroatoms. The fourth-order valence-corrected chi connectivity index (χ4v) is 4.13. The van der Waals surface area contributed by atoms with Crippen LogP contribution in [0, 0.1) is 11.7 Å². The van der Waals surface area contributed by atoms with Gasteiger partial charge < -0.3 is 10.2 Å². The molecule has 2 unspecified atom stereocenters. The molecule has 1 heterocycles. The van der Waals surface area contributed by atoms with Crippen molar-refractivity contribution in [2.24, 2.45) is 5.92 Å². The molecule has 1 saturated heterocycles. The summed E-state index contributed by atoms with van der Waals surface area (Å²) in [4.78, 5) is 27.8. The lowest BCUT2D eigenvalue weighted by molar-refractivity contribution is -0.125. The van der Waals surface area contributed by atoms with Crippen LogP contribution in [0.15, 0.2) is 78.9 Å². The summed E-state index contributed by atoms with van der Waals surface area (Å²) in [5.41, 5.74) is 2.21. The van der Waals surface area contributed by atoms with Crippen LogP contribution in [0.3, 0.4) is 0 Å². The fraction of sp³-hybridized carbons (Fsp3) is 0.200. The molecule has 31 heavy (non-hydrogen) atoms. The van der Waals surface area contributed by atoms with Crippen LogP contribution in [0.2, 0.25) is 5.02 Å². The molecule has 1 aliphatic rings. The van der Waals surface area contributed by atoms with E-state index in [-0.39, 0.29) is 30.1 Å². The molecule has 0 spiro atoms. The summed E-state index contributed by atoms with van der Waals surface area (Å²) in [5, 5.41) is 3.52. The number of benzene rings is 3. The Hall–Kier alpha value is -3.18. The molecule has 0 bridgehead atoms. The monoisotopic (exact) mass is 436 g/mol. The van der Waals surface area contributed by atoms with Crippen molar-refractivity contribution in [3.8, 4) is 0 Å². The standard InChI is InChI=1S/C25H22ClFN2O2/c26-20-11-9-18(10-12-20)25(31)29-15-22(19-7-4-8-21(27)13-19)23(16-29)24(30)28-14-17-5-2-1-3-6-17/h1-13,22-23H,14-16H2,(H,28,30). The van der Waals surface area contributed by atoms with E-state index in [0.29, 0.717) is 29.2 Å². The lowest BCUT2D eigenvalue weighted by Gasteiger charge is -2.18.